The van der Waals surface area contributed by atoms with E-state index in [0.717, 1.165) is 24.6 Å². The number of hydrogen-bond donors (Lipinski definition) is 1. The Kier molecular flexibility index (Phi) is 5.55. The molecule has 1 aliphatic heterocycles. The summed E-state index contributed by atoms with van der Waals surface area (Å²) >= 11 is 0. The van der Waals surface area contributed by atoms with Crippen LogP contribution in [0.5, 0.6) is 0 Å². The van der Waals surface area contributed by atoms with Crippen LogP contribution in [0.1, 0.15) is 36.6 Å². The van der Waals surface area contributed by atoms with Gasteiger partial charge in [0.2, 0.25) is 0 Å². The Morgan fingerprint density at radius 1 is 1.20 bits per heavy atom. The number of nitrogens with zero attached hydrogens (tertiary/aromatic N) is 5. The van der Waals surface area contributed by atoms with Crippen molar-refractivity contribution in [3.05, 3.63) is 48.2 Å². The summed E-state index contributed by atoms with van der Waals surface area (Å²) in [6.07, 6.45) is 10.2. The molecule has 0 unspecified atom stereocenters. The number of piperidine rings is 1. The van der Waals surface area contributed by atoms with Crippen molar-refractivity contribution < 1.29 is 9.90 Å². The lowest BCUT2D eigenvalue weighted by atomic mass is 10.1. The van der Waals surface area contributed by atoms with Crippen LogP contribution in [0.15, 0.2) is 36.9 Å². The average Bonchev–Trinajstić information content (AvgIpc) is 2.64. The van der Waals surface area contributed by atoms with Gasteiger partial charge in [-0.3, -0.25) is 19.7 Å². The minimum Gasteiger partial charge on any atom is -0.480 e. The van der Waals surface area contributed by atoms with Gasteiger partial charge >= 0.3 is 5.97 Å². The molecule has 7 nitrogen and oxygen atoms in total. The van der Waals surface area contributed by atoms with Crippen molar-refractivity contribution in [1.29, 1.82) is 0 Å². The molecule has 0 saturated carbocycles. The molecule has 2 aromatic heterocycles. The average molecular weight is 341 g/mol. The SMILES string of the molecule is CN(Cc1cnccn1)[C@@H](C(=O)O)c1ccc(N2CCCCC2)nc1. The number of carbonyl (C=O) groups is 1. The van der Waals surface area contributed by atoms with E-state index >= 15 is 0 Å². The first kappa shape index (κ1) is 17.3. The second-order valence-electron chi connectivity index (χ2n) is 6.35. The van der Waals surface area contributed by atoms with E-state index in [1.165, 1.54) is 19.3 Å². The summed E-state index contributed by atoms with van der Waals surface area (Å²) in [5, 5.41) is 9.68. The van der Waals surface area contributed by atoms with Crippen LogP contribution in [-0.4, -0.2) is 51.1 Å². The van der Waals surface area contributed by atoms with Gasteiger partial charge in [0.15, 0.2) is 0 Å². The van der Waals surface area contributed by atoms with Crippen molar-refractivity contribution in [2.45, 2.75) is 31.8 Å². The van der Waals surface area contributed by atoms with Crippen LogP contribution in [0.3, 0.4) is 0 Å². The molecule has 7 heteroatoms. The normalized spacial score (nSPS) is 16.0. The Labute approximate surface area is 147 Å². The standard InChI is InChI=1S/C18H23N5O2/c1-22(13-15-12-19-7-8-20-15)17(18(24)25)14-5-6-16(21-11-14)23-9-3-2-4-10-23/h5-8,11-12,17H,2-4,9-10,13H2,1H3,(H,24,25)/t17-/m1/s1. The number of anilines is 1. The van der Waals surface area contributed by atoms with Gasteiger partial charge in [0.1, 0.15) is 11.9 Å². The molecule has 1 N–H and O–H groups in total. The maximum atomic E-state index is 11.8. The van der Waals surface area contributed by atoms with Crippen molar-refractivity contribution in [3.63, 3.8) is 0 Å². The number of pyridine rings is 1. The number of rotatable bonds is 6. The van der Waals surface area contributed by atoms with Gasteiger partial charge in [0.25, 0.3) is 0 Å². The van der Waals surface area contributed by atoms with Crippen LogP contribution >= 0.6 is 0 Å². The molecule has 3 rings (SSSR count). The fraction of sp³-hybridized carbons (Fsp3) is 0.444. The van der Waals surface area contributed by atoms with Crippen LogP contribution in [0.25, 0.3) is 0 Å². The van der Waals surface area contributed by atoms with Gasteiger partial charge in [-0.25, -0.2) is 4.98 Å². The Morgan fingerprint density at radius 3 is 2.60 bits per heavy atom. The number of aliphatic carboxylic acids is 1. The van der Waals surface area contributed by atoms with E-state index in [9.17, 15) is 9.90 Å². The smallest absolute Gasteiger partial charge is 0.325 e. The van der Waals surface area contributed by atoms with E-state index in [-0.39, 0.29) is 0 Å². The molecule has 0 spiro atoms. The molecule has 0 aromatic carbocycles. The summed E-state index contributed by atoms with van der Waals surface area (Å²) in [5.41, 5.74) is 1.40. The molecule has 0 radical (unpaired) electrons. The second kappa shape index (κ2) is 8.02. The Morgan fingerprint density at radius 2 is 2.00 bits per heavy atom. The molecule has 25 heavy (non-hydrogen) atoms. The van der Waals surface area contributed by atoms with E-state index < -0.39 is 12.0 Å². The molecule has 0 bridgehead atoms. The summed E-state index contributed by atoms with van der Waals surface area (Å²) in [6, 6.07) is 3.01. The first-order valence-electron chi connectivity index (χ1n) is 8.54. The maximum absolute atomic E-state index is 11.8. The van der Waals surface area contributed by atoms with E-state index in [2.05, 4.69) is 19.9 Å². The number of aromatic nitrogens is 3. The van der Waals surface area contributed by atoms with Gasteiger partial charge in [-0.05, 0) is 37.9 Å². The highest BCUT2D eigenvalue weighted by Crippen LogP contribution is 2.24. The number of carboxylic acid groups (broad SMARTS) is 1. The molecule has 1 aliphatic rings. The first-order valence-corrected chi connectivity index (χ1v) is 8.54. The Hall–Kier alpha value is -2.54. The number of carboxylic acids is 1. The highest BCUT2D eigenvalue weighted by atomic mass is 16.4. The van der Waals surface area contributed by atoms with E-state index in [0.29, 0.717) is 12.1 Å². The molecule has 0 amide bonds. The van der Waals surface area contributed by atoms with E-state index in [1.54, 1.807) is 36.7 Å². The predicted octanol–water partition coefficient (Wildman–Crippen LogP) is 2.12. The molecular formula is C18H23N5O2. The van der Waals surface area contributed by atoms with Gasteiger partial charge in [0.05, 0.1) is 5.69 Å². The second-order valence-corrected chi connectivity index (χ2v) is 6.35. The third-order valence-corrected chi connectivity index (χ3v) is 4.47. The van der Waals surface area contributed by atoms with Crippen LogP contribution in [0.2, 0.25) is 0 Å². The molecule has 2 aromatic rings. The maximum Gasteiger partial charge on any atom is 0.325 e. The van der Waals surface area contributed by atoms with Gasteiger partial charge in [0, 0.05) is 44.4 Å². The summed E-state index contributed by atoms with van der Waals surface area (Å²) in [5.74, 6) is 0.0167. The van der Waals surface area contributed by atoms with Crippen LogP contribution in [0, 0.1) is 0 Å². The fourth-order valence-corrected chi connectivity index (χ4v) is 3.21. The van der Waals surface area contributed by atoms with Crippen molar-refractivity contribution in [1.82, 2.24) is 19.9 Å². The van der Waals surface area contributed by atoms with Crippen molar-refractivity contribution in [2.75, 3.05) is 25.0 Å². The van der Waals surface area contributed by atoms with E-state index in [1.807, 2.05) is 12.1 Å². The molecule has 1 saturated heterocycles. The zero-order valence-corrected chi connectivity index (χ0v) is 14.4. The molecule has 0 aliphatic carbocycles. The zero-order chi connectivity index (χ0) is 17.6. The molecule has 132 valence electrons. The Bertz CT molecular complexity index is 686. The van der Waals surface area contributed by atoms with E-state index in [4.69, 9.17) is 0 Å². The quantitative estimate of drug-likeness (QED) is 0.861. The van der Waals surface area contributed by atoms with Crippen LogP contribution < -0.4 is 4.90 Å². The number of likely N-dealkylation sites (N-methyl/N-ethyl adjacent to an activating group) is 1. The topological polar surface area (TPSA) is 82.5 Å². The highest BCUT2D eigenvalue weighted by Gasteiger charge is 2.26. The van der Waals surface area contributed by atoms with Crippen molar-refractivity contribution in [2.24, 2.45) is 0 Å². The number of hydrogen-bond acceptors (Lipinski definition) is 6. The summed E-state index contributed by atoms with van der Waals surface area (Å²) < 4.78 is 0. The molecule has 1 atom stereocenters. The Balaban J connectivity index is 1.74. The largest absolute Gasteiger partial charge is 0.480 e. The summed E-state index contributed by atoms with van der Waals surface area (Å²) in [7, 11) is 1.77. The zero-order valence-electron chi connectivity index (χ0n) is 14.4. The molecule has 1 fully saturated rings. The lowest BCUT2D eigenvalue weighted by molar-refractivity contribution is -0.143. The van der Waals surface area contributed by atoms with Gasteiger partial charge in [-0.2, -0.15) is 0 Å². The van der Waals surface area contributed by atoms with Gasteiger partial charge in [-0.15, -0.1) is 0 Å². The van der Waals surface area contributed by atoms with Crippen LogP contribution in [-0.2, 0) is 11.3 Å². The van der Waals surface area contributed by atoms with Gasteiger partial charge in [-0.1, -0.05) is 6.07 Å². The van der Waals surface area contributed by atoms with Crippen LogP contribution in [0.4, 0.5) is 5.82 Å². The summed E-state index contributed by atoms with van der Waals surface area (Å²) in [4.78, 5) is 28.5. The summed E-state index contributed by atoms with van der Waals surface area (Å²) in [6.45, 7) is 2.43. The third-order valence-electron chi connectivity index (χ3n) is 4.47. The molecular weight excluding hydrogens is 318 g/mol. The minimum absolute atomic E-state index is 0.401. The fourth-order valence-electron chi connectivity index (χ4n) is 3.21. The third kappa shape index (κ3) is 4.30. The predicted molar refractivity (Wildman–Crippen MR) is 94.2 cm³/mol. The van der Waals surface area contributed by atoms with Crippen molar-refractivity contribution in [3.8, 4) is 0 Å². The highest BCUT2D eigenvalue weighted by molar-refractivity contribution is 5.75. The lowest BCUT2D eigenvalue weighted by Gasteiger charge is -2.28. The first-order chi connectivity index (χ1) is 12.1. The lowest BCUT2D eigenvalue weighted by Crippen LogP contribution is -2.32. The van der Waals surface area contributed by atoms with Gasteiger partial charge < -0.3 is 10.0 Å². The van der Waals surface area contributed by atoms with Crippen molar-refractivity contribution >= 4 is 11.8 Å². The monoisotopic (exact) mass is 341 g/mol. The minimum atomic E-state index is -0.904. The molecule has 3 heterocycles.